The predicted molar refractivity (Wildman–Crippen MR) is 93.7 cm³/mol. The molecule has 5 aliphatic carbocycles. The van der Waals surface area contributed by atoms with Gasteiger partial charge in [-0.15, -0.1) is 0 Å². The van der Waals surface area contributed by atoms with Crippen molar-refractivity contribution >= 4 is 0 Å². The average molecular weight is 347 g/mol. The number of hydrogen-bond acceptors (Lipinski definition) is 4. The minimum absolute atomic E-state index is 0.00584. The van der Waals surface area contributed by atoms with E-state index in [1.807, 2.05) is 0 Å². The smallest absolute Gasteiger partial charge is 0.0746 e. The number of nitrogens with zero attached hydrogens (tertiary/aromatic N) is 1. The van der Waals surface area contributed by atoms with Crippen LogP contribution in [0.2, 0.25) is 0 Å². The van der Waals surface area contributed by atoms with Crippen LogP contribution in [0.3, 0.4) is 0 Å². The number of fused-ring (bicyclic) bond motifs is 2. The molecule has 11 atom stereocenters. The second-order valence-corrected chi connectivity index (χ2v) is 10.8. The molecule has 5 saturated carbocycles. The number of rotatable bonds is 1. The lowest BCUT2D eigenvalue weighted by atomic mass is 9.43. The van der Waals surface area contributed by atoms with E-state index in [1.165, 1.54) is 0 Å². The average Bonchev–Trinajstić information content (AvgIpc) is 3.00. The zero-order chi connectivity index (χ0) is 17.4. The van der Waals surface area contributed by atoms with Gasteiger partial charge in [0.2, 0.25) is 0 Å². The molecule has 0 aromatic heterocycles. The van der Waals surface area contributed by atoms with Gasteiger partial charge in [0.05, 0.1) is 17.8 Å². The molecule has 4 unspecified atom stereocenters. The van der Waals surface area contributed by atoms with Gasteiger partial charge in [-0.3, -0.25) is 4.90 Å². The quantitative estimate of drug-likeness (QED) is 0.675. The summed E-state index contributed by atoms with van der Waals surface area (Å²) in [7, 11) is 0. The van der Waals surface area contributed by atoms with Crippen LogP contribution in [0.4, 0.5) is 0 Å². The maximum Gasteiger partial charge on any atom is 0.0746 e. The van der Waals surface area contributed by atoms with Gasteiger partial charge < -0.3 is 15.3 Å². The van der Waals surface area contributed by atoms with E-state index in [2.05, 4.69) is 18.7 Å². The largest absolute Gasteiger partial charge is 0.392 e. The van der Waals surface area contributed by atoms with E-state index in [9.17, 15) is 15.3 Å². The summed E-state index contributed by atoms with van der Waals surface area (Å²) < 4.78 is 0. The highest BCUT2D eigenvalue weighted by Gasteiger charge is 2.81. The molecule has 0 amide bonds. The fourth-order valence-electron chi connectivity index (χ4n) is 9.79. The summed E-state index contributed by atoms with van der Waals surface area (Å²) in [5, 5.41) is 34.4. The van der Waals surface area contributed by atoms with Crippen LogP contribution in [0, 0.1) is 40.4 Å². The molecule has 6 rings (SSSR count). The van der Waals surface area contributed by atoms with Crippen molar-refractivity contribution in [1.29, 1.82) is 0 Å². The summed E-state index contributed by atoms with van der Waals surface area (Å²) in [6.45, 7) is 6.84. The first-order chi connectivity index (χ1) is 11.9. The highest BCUT2D eigenvalue weighted by atomic mass is 16.3. The summed E-state index contributed by atoms with van der Waals surface area (Å²) in [6.07, 6.45) is 5.34. The molecule has 3 N–H and O–H groups in total. The third kappa shape index (κ3) is 1.44. The van der Waals surface area contributed by atoms with Crippen LogP contribution in [0.1, 0.15) is 52.4 Å². The number of aliphatic hydroxyl groups is 3. The molecule has 4 heteroatoms. The van der Waals surface area contributed by atoms with Crippen LogP contribution in [0.5, 0.6) is 0 Å². The highest BCUT2D eigenvalue weighted by Crippen LogP contribution is 2.78. The van der Waals surface area contributed by atoms with E-state index in [1.54, 1.807) is 0 Å². The number of piperidine rings is 1. The van der Waals surface area contributed by atoms with E-state index in [0.29, 0.717) is 23.8 Å². The highest BCUT2D eigenvalue weighted by molar-refractivity contribution is 5.31. The molecule has 0 aromatic rings. The van der Waals surface area contributed by atoms with E-state index < -0.39 is 5.60 Å². The maximum absolute atomic E-state index is 11.9. The fraction of sp³-hybridized carbons (Fsp3) is 1.00. The Kier molecular flexibility index (Phi) is 2.82. The molecule has 7 bridgehead atoms. The van der Waals surface area contributed by atoms with E-state index in [4.69, 9.17) is 0 Å². The lowest BCUT2D eigenvalue weighted by Crippen LogP contribution is -2.75. The Balaban J connectivity index is 1.62. The number of aliphatic hydroxyl groups excluding tert-OH is 2. The van der Waals surface area contributed by atoms with Gasteiger partial charge in [0.1, 0.15) is 0 Å². The first-order valence-corrected chi connectivity index (χ1v) is 10.7. The molecule has 0 radical (unpaired) electrons. The Morgan fingerprint density at radius 2 is 1.88 bits per heavy atom. The maximum atomic E-state index is 11.9. The third-order valence-electron chi connectivity index (χ3n) is 10.4. The van der Waals surface area contributed by atoms with Gasteiger partial charge in [-0.05, 0) is 68.2 Å². The molecule has 4 nitrogen and oxygen atoms in total. The van der Waals surface area contributed by atoms with E-state index in [-0.39, 0.29) is 34.9 Å². The lowest BCUT2D eigenvalue weighted by Gasteiger charge is -2.68. The SMILES string of the molecule is CCN1C[C@]2(C)CC[C@H](O)C34C5C[C@@H]6CC[C@@](O)(C5[C@H]6O)C(C[C@@H]32)[C@@H]14. The standard InChI is InChI=1S/C21H33NO3/c1-3-22-10-19(2)6-5-15(23)21-12-8-11-4-7-20(25,16(12)17(11)24)13(18(21)22)9-14(19)21/h11-18,23-25H,3-10H2,1-2H3/t11-,12?,13?,14+,15-,16?,17-,18+,19-,20-,21?/m0/s1. The summed E-state index contributed by atoms with van der Waals surface area (Å²) in [5.74, 6) is 1.42. The van der Waals surface area contributed by atoms with Crippen molar-refractivity contribution < 1.29 is 15.3 Å². The van der Waals surface area contributed by atoms with E-state index in [0.717, 1.165) is 51.6 Å². The van der Waals surface area contributed by atoms with Crippen molar-refractivity contribution in [2.45, 2.75) is 76.2 Å². The first-order valence-electron chi connectivity index (χ1n) is 10.7. The molecule has 1 spiro atoms. The van der Waals surface area contributed by atoms with Gasteiger partial charge in [-0.25, -0.2) is 0 Å². The normalized spacial score (nSPS) is 67.6. The third-order valence-corrected chi connectivity index (χ3v) is 10.4. The molecular formula is C21H33NO3. The monoisotopic (exact) mass is 347 g/mol. The second kappa shape index (κ2) is 4.45. The Labute approximate surface area is 150 Å². The van der Waals surface area contributed by atoms with Gasteiger partial charge in [0, 0.05) is 29.8 Å². The first kappa shape index (κ1) is 15.9. The topological polar surface area (TPSA) is 63.9 Å². The van der Waals surface area contributed by atoms with Crippen LogP contribution < -0.4 is 0 Å². The molecular weight excluding hydrogens is 314 g/mol. The van der Waals surface area contributed by atoms with Crippen molar-refractivity contribution in [3.05, 3.63) is 0 Å². The van der Waals surface area contributed by atoms with Gasteiger partial charge >= 0.3 is 0 Å². The summed E-state index contributed by atoms with van der Waals surface area (Å²) in [4.78, 5) is 2.63. The summed E-state index contributed by atoms with van der Waals surface area (Å²) in [5.41, 5.74) is -0.524. The molecule has 6 aliphatic rings. The van der Waals surface area contributed by atoms with E-state index >= 15 is 0 Å². The minimum Gasteiger partial charge on any atom is -0.392 e. The van der Waals surface area contributed by atoms with Gasteiger partial charge in [-0.1, -0.05) is 13.8 Å². The predicted octanol–water partition coefficient (Wildman–Crippen LogP) is 1.63. The van der Waals surface area contributed by atoms with Crippen molar-refractivity contribution in [3.8, 4) is 0 Å². The van der Waals surface area contributed by atoms with Crippen molar-refractivity contribution in [1.82, 2.24) is 4.90 Å². The van der Waals surface area contributed by atoms with Crippen LogP contribution in [0.15, 0.2) is 0 Å². The second-order valence-electron chi connectivity index (χ2n) is 10.8. The van der Waals surface area contributed by atoms with Crippen molar-refractivity contribution in [3.63, 3.8) is 0 Å². The molecule has 1 aliphatic heterocycles. The summed E-state index contributed by atoms with van der Waals surface area (Å²) >= 11 is 0. The molecule has 6 fully saturated rings. The Morgan fingerprint density at radius 3 is 2.64 bits per heavy atom. The van der Waals surface area contributed by atoms with Crippen LogP contribution in [0.25, 0.3) is 0 Å². The van der Waals surface area contributed by atoms with Crippen LogP contribution >= 0.6 is 0 Å². The zero-order valence-corrected chi connectivity index (χ0v) is 15.6. The molecule has 0 aromatic carbocycles. The fourth-order valence-corrected chi connectivity index (χ4v) is 9.79. The molecule has 1 heterocycles. The Morgan fingerprint density at radius 1 is 1.08 bits per heavy atom. The number of hydrogen-bond donors (Lipinski definition) is 3. The zero-order valence-electron chi connectivity index (χ0n) is 15.6. The van der Waals surface area contributed by atoms with Crippen molar-refractivity contribution in [2.24, 2.45) is 40.4 Å². The Hall–Kier alpha value is -0.160. The van der Waals surface area contributed by atoms with Crippen LogP contribution in [-0.2, 0) is 0 Å². The summed E-state index contributed by atoms with van der Waals surface area (Å²) in [6, 6.07) is 0.321. The molecule has 1 saturated heterocycles. The van der Waals surface area contributed by atoms with Gasteiger partial charge in [0.15, 0.2) is 0 Å². The van der Waals surface area contributed by atoms with Crippen molar-refractivity contribution in [2.75, 3.05) is 13.1 Å². The Bertz CT molecular complexity index is 626. The number of likely N-dealkylation sites (tertiary alicyclic amines) is 1. The lowest BCUT2D eigenvalue weighted by molar-refractivity contribution is -0.260. The van der Waals surface area contributed by atoms with Gasteiger partial charge in [0.25, 0.3) is 0 Å². The minimum atomic E-state index is -0.706. The van der Waals surface area contributed by atoms with Crippen LogP contribution in [-0.4, -0.2) is 57.2 Å². The van der Waals surface area contributed by atoms with Gasteiger partial charge in [-0.2, -0.15) is 0 Å². The molecule has 25 heavy (non-hydrogen) atoms. The molecule has 140 valence electrons.